The Morgan fingerprint density at radius 1 is 0.520 bits per heavy atom. The molecule has 25 heavy (non-hydrogen) atoms. The number of hydrogen-bond acceptors (Lipinski definition) is 6. The fourth-order valence-electron chi connectivity index (χ4n) is 1.26. The molecule has 0 amide bonds. The first-order valence-corrected chi connectivity index (χ1v) is 7.75. The molecule has 3 aromatic heterocycles. The largest absolute Gasteiger partial charge is 3.00 e. The Balaban J connectivity index is 0.000000339. The van der Waals surface area contributed by atoms with Crippen molar-refractivity contribution in [3.8, 4) is 0 Å². The van der Waals surface area contributed by atoms with Gasteiger partial charge in [0.2, 0.25) is 0 Å². The van der Waals surface area contributed by atoms with E-state index in [1.165, 1.54) is 18.6 Å². The normalized spacial score (nSPS) is 8.64. The zero-order chi connectivity index (χ0) is 17.9. The third-order valence-electron chi connectivity index (χ3n) is 2.41. The maximum Gasteiger partial charge on any atom is 3.00 e. The van der Waals surface area contributed by atoms with Crippen molar-refractivity contribution in [2.45, 2.75) is 0 Å². The fraction of sp³-hybridized carbons (Fsp3) is 0. The summed E-state index contributed by atoms with van der Waals surface area (Å²) < 4.78 is 3.97. The molecule has 3 heterocycles. The molecule has 10 heteroatoms. The van der Waals surface area contributed by atoms with Gasteiger partial charge in [-0.3, -0.25) is 0 Å². The van der Waals surface area contributed by atoms with Crippen molar-refractivity contribution in [1.29, 1.82) is 0 Å². The van der Waals surface area contributed by atoms with E-state index in [4.69, 9.17) is 15.6 Å². The van der Waals surface area contributed by atoms with E-state index in [9.17, 15) is 0 Å². The van der Waals surface area contributed by atoms with E-state index in [0.29, 0.717) is 13.9 Å². The van der Waals surface area contributed by atoms with E-state index < -0.39 is 0 Å². The predicted octanol–water partition coefficient (Wildman–Crippen LogP) is 4.36. The van der Waals surface area contributed by atoms with Crippen LogP contribution in [-0.4, -0.2) is 29.8 Å². The van der Waals surface area contributed by atoms with Crippen LogP contribution in [0.15, 0.2) is 73.2 Å². The SMILES string of the molecule is On1ccccc1=S.On1ccccc1=S.On1ccccc1=S.[Ti+3]. The number of nitrogens with zero attached hydrogens (tertiary/aromatic N) is 3. The summed E-state index contributed by atoms with van der Waals surface area (Å²) in [4.78, 5) is 0. The zero-order valence-electron chi connectivity index (χ0n) is 12.8. The van der Waals surface area contributed by atoms with Crippen LogP contribution in [0, 0.1) is 13.9 Å². The monoisotopic (exact) mass is 429 g/mol. The van der Waals surface area contributed by atoms with Gasteiger partial charge in [0, 0.05) is 18.6 Å². The molecule has 0 aliphatic heterocycles. The summed E-state index contributed by atoms with van der Waals surface area (Å²) >= 11 is 14.0. The molecule has 0 unspecified atom stereocenters. The minimum atomic E-state index is 0. The Bertz CT molecular complexity index is 818. The Morgan fingerprint density at radius 2 is 0.760 bits per heavy atom. The van der Waals surface area contributed by atoms with Crippen molar-refractivity contribution in [3.63, 3.8) is 0 Å². The molecule has 3 aromatic rings. The topological polar surface area (TPSA) is 75.5 Å². The number of aromatic nitrogens is 3. The molecule has 0 spiro atoms. The molecule has 127 valence electrons. The standard InChI is InChI=1S/3C5H5NOS.Ti/c3*7-6-4-2-1-3-5(6)8;/h3*1-4,7H;/q;;;+3. The molecular weight excluding hydrogens is 414 g/mol. The van der Waals surface area contributed by atoms with Crippen molar-refractivity contribution in [1.82, 2.24) is 14.2 Å². The number of rotatable bonds is 0. The minimum absolute atomic E-state index is 0. The van der Waals surface area contributed by atoms with Gasteiger partial charge in [0.15, 0.2) is 0 Å². The van der Waals surface area contributed by atoms with E-state index in [1.54, 1.807) is 54.6 Å². The molecule has 0 atom stereocenters. The van der Waals surface area contributed by atoms with Gasteiger partial charge in [-0.15, -0.1) is 0 Å². The predicted molar refractivity (Wildman–Crippen MR) is 97.4 cm³/mol. The molecular formula is C15H15N3O3S3Ti+3. The third-order valence-corrected chi connectivity index (χ3v) is 3.38. The Morgan fingerprint density at radius 3 is 0.880 bits per heavy atom. The van der Waals surface area contributed by atoms with Crippen LogP contribution in [0.3, 0.4) is 0 Å². The van der Waals surface area contributed by atoms with Crippen LogP contribution in [0.4, 0.5) is 0 Å². The quantitative estimate of drug-likeness (QED) is 0.280. The van der Waals surface area contributed by atoms with Crippen molar-refractivity contribution < 1.29 is 37.3 Å². The summed E-state index contributed by atoms with van der Waals surface area (Å²) in [6, 6.07) is 15.4. The van der Waals surface area contributed by atoms with Gasteiger partial charge in [-0.2, -0.15) is 14.2 Å². The average molecular weight is 429 g/mol. The molecule has 0 bridgehead atoms. The van der Waals surface area contributed by atoms with E-state index in [1.807, 2.05) is 0 Å². The zero-order valence-corrected chi connectivity index (χ0v) is 16.8. The van der Waals surface area contributed by atoms with Crippen LogP contribution >= 0.6 is 36.7 Å². The second-order valence-corrected chi connectivity index (χ2v) is 5.41. The Kier molecular flexibility index (Phi) is 11.7. The molecule has 0 fully saturated rings. The van der Waals surface area contributed by atoms with Gasteiger partial charge in [0.1, 0.15) is 13.9 Å². The smallest absolute Gasteiger partial charge is 0.428 e. The van der Waals surface area contributed by atoms with Crippen molar-refractivity contribution >= 4 is 36.7 Å². The van der Waals surface area contributed by atoms with Crippen LogP contribution < -0.4 is 0 Å². The number of pyridine rings is 3. The first kappa shape index (κ1) is 23.2. The molecule has 0 aliphatic rings. The van der Waals surface area contributed by atoms with E-state index >= 15 is 0 Å². The second-order valence-electron chi connectivity index (χ2n) is 4.15. The summed E-state index contributed by atoms with van der Waals surface area (Å²) in [5, 5.41) is 26.2. The minimum Gasteiger partial charge on any atom is -0.428 e. The van der Waals surface area contributed by atoms with Crippen molar-refractivity contribution in [2.24, 2.45) is 0 Å². The Labute approximate surface area is 174 Å². The molecule has 3 rings (SSSR count). The summed E-state index contributed by atoms with van der Waals surface area (Å²) in [6.07, 6.45) is 4.47. The van der Waals surface area contributed by atoms with Crippen LogP contribution in [0.5, 0.6) is 0 Å². The van der Waals surface area contributed by atoms with Gasteiger partial charge in [0.05, 0.1) is 0 Å². The van der Waals surface area contributed by atoms with Crippen molar-refractivity contribution in [3.05, 3.63) is 87.1 Å². The molecule has 0 saturated carbocycles. The van der Waals surface area contributed by atoms with Gasteiger partial charge in [-0.1, -0.05) is 54.9 Å². The molecule has 0 saturated heterocycles. The molecule has 1 radical (unpaired) electrons. The first-order valence-electron chi connectivity index (χ1n) is 6.52. The van der Waals surface area contributed by atoms with Crippen LogP contribution in [0.2, 0.25) is 0 Å². The summed E-state index contributed by atoms with van der Waals surface area (Å²) in [6.45, 7) is 0. The van der Waals surface area contributed by atoms with E-state index in [0.717, 1.165) is 14.2 Å². The molecule has 0 aliphatic carbocycles. The van der Waals surface area contributed by atoms with Crippen LogP contribution in [-0.2, 0) is 21.7 Å². The Hall–Kier alpha value is -1.78. The van der Waals surface area contributed by atoms with E-state index in [-0.39, 0.29) is 21.7 Å². The van der Waals surface area contributed by atoms with Gasteiger partial charge in [-0.25, -0.2) is 0 Å². The molecule has 3 N–H and O–H groups in total. The molecule has 6 nitrogen and oxygen atoms in total. The second kappa shape index (κ2) is 12.6. The fourth-order valence-corrected chi connectivity index (χ4v) is 1.68. The van der Waals surface area contributed by atoms with Crippen LogP contribution in [0.25, 0.3) is 0 Å². The third kappa shape index (κ3) is 9.32. The first-order chi connectivity index (χ1) is 11.4. The summed E-state index contributed by atoms with van der Waals surface area (Å²) in [5.74, 6) is 0. The summed E-state index contributed by atoms with van der Waals surface area (Å²) in [5.41, 5.74) is 0. The molecule has 0 aromatic carbocycles. The van der Waals surface area contributed by atoms with Crippen LogP contribution in [0.1, 0.15) is 0 Å². The maximum atomic E-state index is 8.73. The van der Waals surface area contributed by atoms with E-state index in [2.05, 4.69) is 36.7 Å². The van der Waals surface area contributed by atoms with Gasteiger partial charge in [0.25, 0.3) is 0 Å². The van der Waals surface area contributed by atoms with Gasteiger partial charge < -0.3 is 15.6 Å². The van der Waals surface area contributed by atoms with Gasteiger partial charge in [-0.05, 0) is 36.4 Å². The van der Waals surface area contributed by atoms with Crippen molar-refractivity contribution in [2.75, 3.05) is 0 Å². The number of hydrogen-bond donors (Lipinski definition) is 3. The average Bonchev–Trinajstić information content (AvgIpc) is 2.57. The summed E-state index contributed by atoms with van der Waals surface area (Å²) in [7, 11) is 0. The maximum absolute atomic E-state index is 8.73. The van der Waals surface area contributed by atoms with Gasteiger partial charge >= 0.3 is 21.7 Å².